The monoisotopic (exact) mass is 400 g/mol. The number of rotatable bonds is 4. The first-order valence-electron chi connectivity index (χ1n) is 9.11. The van der Waals surface area contributed by atoms with Crippen molar-refractivity contribution >= 4 is 23.2 Å². The molecule has 0 aromatic carbocycles. The number of imidazole rings is 1. The lowest BCUT2D eigenvalue weighted by molar-refractivity contribution is -0.0403. The predicted molar refractivity (Wildman–Crippen MR) is 105 cm³/mol. The number of ether oxygens (including phenoxy) is 2. The Balaban J connectivity index is 1.48. The number of pyridine rings is 2. The maximum absolute atomic E-state index is 13.2. The van der Waals surface area contributed by atoms with Crippen LogP contribution in [-0.4, -0.2) is 57.6 Å². The van der Waals surface area contributed by atoms with Gasteiger partial charge in [-0.05, 0) is 25.5 Å². The molecule has 28 heavy (non-hydrogen) atoms. The summed E-state index contributed by atoms with van der Waals surface area (Å²) in [6.07, 6.45) is 4.80. The van der Waals surface area contributed by atoms with Crippen LogP contribution in [0.1, 0.15) is 21.7 Å². The molecule has 4 rings (SSSR count). The minimum atomic E-state index is -0.224. The number of hydrogen-bond donors (Lipinski definition) is 0. The summed E-state index contributed by atoms with van der Waals surface area (Å²) in [4.78, 5) is 23.6. The number of halogens is 1. The van der Waals surface area contributed by atoms with Gasteiger partial charge >= 0.3 is 0 Å². The van der Waals surface area contributed by atoms with Gasteiger partial charge in [0.2, 0.25) is 0 Å². The number of morpholine rings is 1. The van der Waals surface area contributed by atoms with Crippen molar-refractivity contribution in [3.05, 3.63) is 58.8 Å². The quantitative estimate of drug-likeness (QED) is 0.673. The molecule has 8 heteroatoms. The number of aryl methyl sites for hydroxylation is 2. The normalized spacial score (nSPS) is 17.1. The van der Waals surface area contributed by atoms with Gasteiger partial charge in [-0.1, -0.05) is 17.7 Å². The molecule has 0 spiro atoms. The smallest absolute Gasteiger partial charge is 0.272 e. The lowest BCUT2D eigenvalue weighted by atomic mass is 10.2. The van der Waals surface area contributed by atoms with E-state index in [2.05, 4.69) is 9.97 Å². The third-order valence-corrected chi connectivity index (χ3v) is 4.97. The Morgan fingerprint density at radius 1 is 1.39 bits per heavy atom. The van der Waals surface area contributed by atoms with Crippen LogP contribution in [0.5, 0.6) is 5.75 Å². The molecule has 7 nitrogen and oxygen atoms in total. The van der Waals surface area contributed by atoms with Crippen molar-refractivity contribution < 1.29 is 14.3 Å². The maximum atomic E-state index is 13.2. The predicted octanol–water partition coefficient (Wildman–Crippen LogP) is 2.92. The highest BCUT2D eigenvalue weighted by atomic mass is 35.5. The number of fused-ring (bicyclic) bond motifs is 1. The van der Waals surface area contributed by atoms with Crippen LogP contribution in [0.15, 0.2) is 36.8 Å². The molecule has 1 unspecified atom stereocenters. The fourth-order valence-corrected chi connectivity index (χ4v) is 3.55. The summed E-state index contributed by atoms with van der Waals surface area (Å²) in [5.74, 6) is 0.529. The van der Waals surface area contributed by atoms with Gasteiger partial charge in [0.15, 0.2) is 0 Å². The zero-order chi connectivity index (χ0) is 19.7. The maximum Gasteiger partial charge on any atom is 0.272 e. The highest BCUT2D eigenvalue weighted by Gasteiger charge is 2.29. The van der Waals surface area contributed by atoms with Crippen LogP contribution in [0.3, 0.4) is 0 Å². The van der Waals surface area contributed by atoms with E-state index in [0.29, 0.717) is 42.8 Å². The second kappa shape index (κ2) is 7.77. The van der Waals surface area contributed by atoms with Gasteiger partial charge in [-0.2, -0.15) is 0 Å². The van der Waals surface area contributed by atoms with Crippen molar-refractivity contribution in [3.63, 3.8) is 0 Å². The topological polar surface area (TPSA) is 69.0 Å². The molecule has 3 aromatic heterocycles. The van der Waals surface area contributed by atoms with Gasteiger partial charge in [-0.15, -0.1) is 0 Å². The van der Waals surface area contributed by atoms with Crippen molar-refractivity contribution in [2.45, 2.75) is 20.0 Å². The molecule has 1 saturated heterocycles. The largest absolute Gasteiger partial charge is 0.489 e. The second-order valence-electron chi connectivity index (χ2n) is 6.82. The first-order valence-corrected chi connectivity index (χ1v) is 9.49. The number of amides is 1. The fourth-order valence-electron chi connectivity index (χ4n) is 3.39. The molecule has 0 saturated carbocycles. The molecule has 1 aliphatic heterocycles. The van der Waals surface area contributed by atoms with E-state index in [0.717, 1.165) is 16.9 Å². The Bertz CT molecular complexity index is 1020. The molecule has 1 amide bonds. The number of carbonyl (C=O) groups excluding carboxylic acids is 1. The van der Waals surface area contributed by atoms with E-state index in [9.17, 15) is 4.79 Å². The third-order valence-electron chi connectivity index (χ3n) is 4.76. The molecular formula is C20H21ClN4O3. The van der Waals surface area contributed by atoms with Gasteiger partial charge in [0.25, 0.3) is 5.91 Å². The average molecular weight is 401 g/mol. The van der Waals surface area contributed by atoms with Crippen LogP contribution >= 0.6 is 11.6 Å². The Morgan fingerprint density at radius 3 is 3.07 bits per heavy atom. The van der Waals surface area contributed by atoms with Crippen LogP contribution in [0.25, 0.3) is 5.65 Å². The summed E-state index contributed by atoms with van der Waals surface area (Å²) >= 11 is 5.93. The van der Waals surface area contributed by atoms with Gasteiger partial charge in [0.1, 0.15) is 29.8 Å². The lowest BCUT2D eigenvalue weighted by Gasteiger charge is -2.32. The summed E-state index contributed by atoms with van der Waals surface area (Å²) in [5.41, 5.74) is 3.17. The minimum Gasteiger partial charge on any atom is -0.489 e. The van der Waals surface area contributed by atoms with E-state index in [1.165, 1.54) is 0 Å². The van der Waals surface area contributed by atoms with Crippen molar-refractivity contribution in [2.75, 3.05) is 26.3 Å². The average Bonchev–Trinajstić information content (AvgIpc) is 3.03. The summed E-state index contributed by atoms with van der Waals surface area (Å²) in [6, 6.07) is 5.61. The Kier molecular flexibility index (Phi) is 5.19. The van der Waals surface area contributed by atoms with Crippen LogP contribution in [0.2, 0.25) is 5.02 Å². The first-order chi connectivity index (χ1) is 13.5. The lowest BCUT2D eigenvalue weighted by Crippen LogP contribution is -2.48. The van der Waals surface area contributed by atoms with E-state index in [-0.39, 0.29) is 12.0 Å². The van der Waals surface area contributed by atoms with Crippen LogP contribution in [0.4, 0.5) is 0 Å². The molecule has 0 radical (unpaired) electrons. The Morgan fingerprint density at radius 2 is 2.25 bits per heavy atom. The molecule has 0 bridgehead atoms. The molecule has 4 heterocycles. The number of carbonyl (C=O) groups is 1. The first kappa shape index (κ1) is 18.7. The molecule has 1 fully saturated rings. The second-order valence-corrected chi connectivity index (χ2v) is 7.26. The molecule has 1 aliphatic rings. The van der Waals surface area contributed by atoms with Crippen molar-refractivity contribution in [1.82, 2.24) is 19.3 Å². The number of nitrogens with zero attached hydrogens (tertiary/aromatic N) is 4. The highest BCUT2D eigenvalue weighted by molar-refractivity contribution is 6.30. The van der Waals surface area contributed by atoms with E-state index in [1.807, 2.05) is 36.6 Å². The molecular weight excluding hydrogens is 380 g/mol. The Labute approximate surface area is 167 Å². The fraction of sp³-hybridized carbons (Fsp3) is 0.350. The van der Waals surface area contributed by atoms with E-state index in [4.69, 9.17) is 21.1 Å². The van der Waals surface area contributed by atoms with Crippen LogP contribution < -0.4 is 4.74 Å². The van der Waals surface area contributed by atoms with Crippen molar-refractivity contribution in [2.24, 2.45) is 0 Å². The molecule has 0 aliphatic carbocycles. The van der Waals surface area contributed by atoms with Crippen LogP contribution in [-0.2, 0) is 4.74 Å². The highest BCUT2D eigenvalue weighted by Crippen LogP contribution is 2.20. The minimum absolute atomic E-state index is 0.0478. The molecule has 146 valence electrons. The van der Waals surface area contributed by atoms with Crippen molar-refractivity contribution in [1.29, 1.82) is 0 Å². The zero-order valence-corrected chi connectivity index (χ0v) is 16.5. The van der Waals surface area contributed by atoms with E-state index < -0.39 is 0 Å². The standard InChI is InChI=1S/C20H21ClN4O3/c1-13-4-3-5-25-18(14(2)23-19(13)25)20(26)24-6-7-27-17(11-24)12-28-16-8-15(21)9-22-10-16/h3-5,8-10,17H,6-7,11-12H2,1-2H3. The third kappa shape index (κ3) is 3.68. The van der Waals surface area contributed by atoms with Gasteiger partial charge < -0.3 is 14.4 Å². The summed E-state index contributed by atoms with van der Waals surface area (Å²) in [7, 11) is 0. The molecule has 0 N–H and O–H groups in total. The van der Waals surface area contributed by atoms with Gasteiger partial charge in [-0.25, -0.2) is 4.98 Å². The van der Waals surface area contributed by atoms with Gasteiger partial charge in [0, 0.05) is 25.0 Å². The molecule has 1 atom stereocenters. The zero-order valence-electron chi connectivity index (χ0n) is 15.8. The number of hydrogen-bond acceptors (Lipinski definition) is 5. The van der Waals surface area contributed by atoms with Crippen molar-refractivity contribution in [3.8, 4) is 5.75 Å². The van der Waals surface area contributed by atoms with E-state index >= 15 is 0 Å². The summed E-state index contributed by atoms with van der Waals surface area (Å²) in [6.45, 7) is 5.62. The summed E-state index contributed by atoms with van der Waals surface area (Å²) in [5, 5.41) is 0.511. The number of aromatic nitrogens is 3. The van der Waals surface area contributed by atoms with Crippen LogP contribution in [0, 0.1) is 13.8 Å². The SMILES string of the molecule is Cc1nc2c(C)cccn2c1C(=O)N1CCOC(COc2cncc(Cl)c2)C1. The summed E-state index contributed by atoms with van der Waals surface area (Å²) < 4.78 is 13.4. The van der Waals surface area contributed by atoms with Gasteiger partial charge in [-0.3, -0.25) is 14.2 Å². The van der Waals surface area contributed by atoms with E-state index in [1.54, 1.807) is 23.4 Å². The van der Waals surface area contributed by atoms with Gasteiger partial charge in [0.05, 0.1) is 30.1 Å². The Hall–Kier alpha value is -2.64. The molecule has 3 aromatic rings.